The average molecular weight is 418 g/mol. The van der Waals surface area contributed by atoms with Crippen molar-refractivity contribution in [1.29, 1.82) is 0 Å². The van der Waals surface area contributed by atoms with Crippen LogP contribution in [0.25, 0.3) is 5.69 Å². The van der Waals surface area contributed by atoms with E-state index in [0.29, 0.717) is 5.69 Å². The van der Waals surface area contributed by atoms with E-state index in [2.05, 4.69) is 5.10 Å². The number of benzene rings is 2. The van der Waals surface area contributed by atoms with Gasteiger partial charge in [0.15, 0.2) is 5.75 Å². The molecule has 0 aliphatic carbocycles. The van der Waals surface area contributed by atoms with Crippen LogP contribution in [0, 0.1) is 0 Å². The molecule has 156 valence electrons. The molecule has 0 saturated heterocycles. The lowest BCUT2D eigenvalue weighted by atomic mass is 10.1. The third-order valence-corrected chi connectivity index (χ3v) is 4.01. The Kier molecular flexibility index (Phi) is 6.20. The molecule has 0 unspecified atom stereocenters. The van der Waals surface area contributed by atoms with Crippen LogP contribution in [0.2, 0.25) is 0 Å². The Bertz CT molecular complexity index is 1100. The number of carbonyl (C=O) groups is 1. The third kappa shape index (κ3) is 4.86. The van der Waals surface area contributed by atoms with Crippen LogP contribution in [-0.2, 0) is 17.5 Å². The fourth-order valence-corrected chi connectivity index (χ4v) is 2.64. The number of esters is 1. The monoisotopic (exact) mass is 418 g/mol. The minimum Gasteiger partial charge on any atom is -0.486 e. The van der Waals surface area contributed by atoms with E-state index in [1.807, 2.05) is 0 Å². The van der Waals surface area contributed by atoms with E-state index >= 15 is 0 Å². The fourth-order valence-electron chi connectivity index (χ4n) is 2.64. The topological polar surface area (TPSA) is 70.4 Å². The second-order valence-electron chi connectivity index (χ2n) is 6.15. The maximum Gasteiger partial charge on any atom is 0.416 e. The van der Waals surface area contributed by atoms with E-state index in [0.717, 1.165) is 22.9 Å². The lowest BCUT2D eigenvalue weighted by Gasteiger charge is -2.13. The molecule has 9 heteroatoms. The van der Waals surface area contributed by atoms with Gasteiger partial charge in [0, 0.05) is 0 Å². The highest BCUT2D eigenvalue weighted by atomic mass is 19.4. The normalized spacial score (nSPS) is 11.2. The third-order valence-electron chi connectivity index (χ3n) is 4.01. The largest absolute Gasteiger partial charge is 0.486 e. The molecule has 0 amide bonds. The molecule has 0 atom stereocenters. The molecule has 3 rings (SSSR count). The van der Waals surface area contributed by atoms with E-state index in [1.165, 1.54) is 12.1 Å². The number of hydrogen-bond donors (Lipinski definition) is 0. The van der Waals surface area contributed by atoms with Crippen LogP contribution in [0.1, 0.15) is 28.5 Å². The maximum absolute atomic E-state index is 12.9. The van der Waals surface area contributed by atoms with Crippen LogP contribution in [0.4, 0.5) is 13.2 Å². The molecule has 0 saturated carbocycles. The SMILES string of the molecule is CCOC(=O)c1nn(-c2ccccc2)c(=O)cc1OCc1cccc(C(F)(F)F)c1. The van der Waals surface area contributed by atoms with Gasteiger partial charge < -0.3 is 9.47 Å². The summed E-state index contributed by atoms with van der Waals surface area (Å²) in [5.74, 6) is -0.996. The molecule has 1 aromatic heterocycles. The predicted molar refractivity (Wildman–Crippen MR) is 102 cm³/mol. The first-order chi connectivity index (χ1) is 14.3. The van der Waals surface area contributed by atoms with Gasteiger partial charge in [-0.05, 0) is 36.8 Å². The van der Waals surface area contributed by atoms with Gasteiger partial charge in [-0.25, -0.2) is 4.79 Å². The molecule has 30 heavy (non-hydrogen) atoms. The Hall–Kier alpha value is -3.62. The minimum absolute atomic E-state index is 0.0675. The summed E-state index contributed by atoms with van der Waals surface area (Å²) < 4.78 is 50.1. The molecule has 0 radical (unpaired) electrons. The number of carbonyl (C=O) groups excluding carboxylic acids is 1. The zero-order chi connectivity index (χ0) is 21.7. The molecule has 0 fully saturated rings. The van der Waals surface area contributed by atoms with E-state index in [1.54, 1.807) is 37.3 Å². The number of aromatic nitrogens is 2. The molecule has 2 aromatic carbocycles. The summed E-state index contributed by atoms with van der Waals surface area (Å²) in [7, 11) is 0. The zero-order valence-corrected chi connectivity index (χ0v) is 15.8. The summed E-state index contributed by atoms with van der Waals surface area (Å²) in [6, 6.07) is 14.0. The van der Waals surface area contributed by atoms with Crippen molar-refractivity contribution in [2.75, 3.05) is 6.61 Å². The van der Waals surface area contributed by atoms with Crippen LogP contribution < -0.4 is 10.3 Å². The van der Waals surface area contributed by atoms with E-state index in [-0.39, 0.29) is 30.2 Å². The second kappa shape index (κ2) is 8.81. The van der Waals surface area contributed by atoms with Gasteiger partial charge in [-0.1, -0.05) is 30.3 Å². The van der Waals surface area contributed by atoms with E-state index in [4.69, 9.17) is 9.47 Å². The van der Waals surface area contributed by atoms with Crippen molar-refractivity contribution in [3.63, 3.8) is 0 Å². The summed E-state index contributed by atoms with van der Waals surface area (Å²) in [4.78, 5) is 24.8. The number of alkyl halides is 3. The van der Waals surface area contributed by atoms with Gasteiger partial charge in [0.05, 0.1) is 23.9 Å². The molecule has 0 spiro atoms. The summed E-state index contributed by atoms with van der Waals surface area (Å²) in [5, 5.41) is 4.05. The summed E-state index contributed by atoms with van der Waals surface area (Å²) in [6.07, 6.45) is -4.50. The Labute approximate surface area is 169 Å². The molecule has 0 bridgehead atoms. The van der Waals surface area contributed by atoms with Gasteiger partial charge >= 0.3 is 12.1 Å². The Morgan fingerprint density at radius 1 is 1.07 bits per heavy atom. The van der Waals surface area contributed by atoms with Gasteiger partial charge in [0.1, 0.15) is 6.61 Å². The first-order valence-electron chi connectivity index (χ1n) is 8.95. The Morgan fingerprint density at radius 2 is 1.80 bits per heavy atom. The highest BCUT2D eigenvalue weighted by Crippen LogP contribution is 2.30. The molecule has 3 aromatic rings. The average Bonchev–Trinajstić information content (AvgIpc) is 2.72. The Balaban J connectivity index is 1.95. The number of para-hydroxylation sites is 1. The molecule has 0 N–H and O–H groups in total. The quantitative estimate of drug-likeness (QED) is 0.566. The zero-order valence-electron chi connectivity index (χ0n) is 15.8. The highest BCUT2D eigenvalue weighted by molar-refractivity contribution is 5.90. The predicted octanol–water partition coefficient (Wildman–Crippen LogP) is 4.01. The van der Waals surface area contributed by atoms with Gasteiger partial charge in [0.25, 0.3) is 5.56 Å². The number of ether oxygens (including phenoxy) is 2. The van der Waals surface area contributed by atoms with Crippen molar-refractivity contribution < 1.29 is 27.4 Å². The molecule has 1 heterocycles. The molecular weight excluding hydrogens is 401 g/mol. The lowest BCUT2D eigenvalue weighted by molar-refractivity contribution is -0.137. The Morgan fingerprint density at radius 3 is 2.47 bits per heavy atom. The highest BCUT2D eigenvalue weighted by Gasteiger charge is 2.30. The standard InChI is InChI=1S/C21H17F3N2O4/c1-2-29-20(28)19-17(12-18(27)26(25-19)16-9-4-3-5-10-16)30-13-14-7-6-8-15(11-14)21(22,23)24/h3-12H,2,13H2,1H3. The van der Waals surface area contributed by atoms with Crippen molar-refractivity contribution in [2.45, 2.75) is 19.7 Å². The number of hydrogen-bond acceptors (Lipinski definition) is 5. The van der Waals surface area contributed by atoms with Crippen LogP contribution in [0.5, 0.6) is 5.75 Å². The van der Waals surface area contributed by atoms with Crippen LogP contribution in [0.3, 0.4) is 0 Å². The van der Waals surface area contributed by atoms with Gasteiger partial charge in [0.2, 0.25) is 5.69 Å². The molecular formula is C21H17F3N2O4. The van der Waals surface area contributed by atoms with Gasteiger partial charge in [-0.3, -0.25) is 4.79 Å². The van der Waals surface area contributed by atoms with E-state index in [9.17, 15) is 22.8 Å². The summed E-state index contributed by atoms with van der Waals surface area (Å²) in [5.41, 5.74) is -1.02. The van der Waals surface area contributed by atoms with E-state index < -0.39 is 23.3 Å². The van der Waals surface area contributed by atoms with Gasteiger partial charge in [-0.15, -0.1) is 0 Å². The van der Waals surface area contributed by atoms with Crippen LogP contribution >= 0.6 is 0 Å². The number of halogens is 3. The van der Waals surface area contributed by atoms with Crippen molar-refractivity contribution >= 4 is 5.97 Å². The van der Waals surface area contributed by atoms with Gasteiger partial charge in [-0.2, -0.15) is 23.0 Å². The van der Waals surface area contributed by atoms with Crippen LogP contribution in [-0.4, -0.2) is 22.4 Å². The molecule has 0 aliphatic heterocycles. The van der Waals surface area contributed by atoms with Crippen molar-refractivity contribution in [3.8, 4) is 11.4 Å². The molecule has 0 aliphatic rings. The lowest BCUT2D eigenvalue weighted by Crippen LogP contribution is -2.25. The summed E-state index contributed by atoms with van der Waals surface area (Å²) in [6.45, 7) is 1.37. The van der Waals surface area contributed by atoms with Crippen molar-refractivity contribution in [3.05, 3.63) is 87.8 Å². The molecule has 6 nitrogen and oxygen atoms in total. The first kappa shape index (κ1) is 21.1. The van der Waals surface area contributed by atoms with Crippen molar-refractivity contribution in [1.82, 2.24) is 9.78 Å². The second-order valence-corrected chi connectivity index (χ2v) is 6.15. The summed E-state index contributed by atoms with van der Waals surface area (Å²) >= 11 is 0. The minimum atomic E-state index is -4.50. The maximum atomic E-state index is 12.9. The van der Waals surface area contributed by atoms with Crippen LogP contribution in [0.15, 0.2) is 65.5 Å². The number of nitrogens with zero attached hydrogens (tertiary/aromatic N) is 2. The van der Waals surface area contributed by atoms with Crippen molar-refractivity contribution in [2.24, 2.45) is 0 Å². The fraction of sp³-hybridized carbons (Fsp3) is 0.190. The smallest absolute Gasteiger partial charge is 0.416 e. The number of rotatable bonds is 6. The first-order valence-corrected chi connectivity index (χ1v) is 8.95.